The predicted molar refractivity (Wildman–Crippen MR) is 58.3 cm³/mol. The normalized spacial score (nSPS) is 11.5. The molecule has 0 heterocycles. The maximum atomic E-state index is 12.6. The first-order valence-electron chi connectivity index (χ1n) is 4.92. The molecule has 0 radical (unpaired) electrons. The highest BCUT2D eigenvalue weighted by molar-refractivity contribution is 5.51. The van der Waals surface area contributed by atoms with Crippen LogP contribution in [0.1, 0.15) is 12.5 Å². The first-order valence-corrected chi connectivity index (χ1v) is 4.92. The zero-order valence-corrected chi connectivity index (χ0v) is 8.76. The molecule has 0 unspecified atom stereocenters. The minimum Gasteiger partial charge on any atom is -0.379 e. The molecule has 1 aromatic carbocycles. The maximum absolute atomic E-state index is 12.6. The van der Waals surface area contributed by atoms with Gasteiger partial charge >= 0.3 is 0 Å². The van der Waals surface area contributed by atoms with Gasteiger partial charge in [-0.15, -0.1) is 0 Å². The Morgan fingerprint density at radius 3 is 2.60 bits per heavy atom. The van der Waals surface area contributed by atoms with E-state index in [9.17, 15) is 8.78 Å². The summed E-state index contributed by atoms with van der Waals surface area (Å²) in [4.78, 5) is 0. The zero-order valence-electron chi connectivity index (χ0n) is 8.76. The quantitative estimate of drug-likeness (QED) is 0.789. The van der Waals surface area contributed by atoms with Gasteiger partial charge < -0.3 is 11.1 Å². The summed E-state index contributed by atoms with van der Waals surface area (Å²) in [5.74, 6) is -2.70. The van der Waals surface area contributed by atoms with Crippen molar-refractivity contribution in [1.82, 2.24) is 0 Å². The van der Waals surface area contributed by atoms with Gasteiger partial charge in [0.25, 0.3) is 5.92 Å². The Hall–Kier alpha value is -1.16. The molecule has 0 aliphatic rings. The Labute approximate surface area is 88.5 Å². The van der Waals surface area contributed by atoms with E-state index in [0.29, 0.717) is 13.0 Å². The van der Waals surface area contributed by atoms with Gasteiger partial charge in [-0.2, -0.15) is 0 Å². The third-order valence-electron chi connectivity index (χ3n) is 2.02. The molecule has 15 heavy (non-hydrogen) atoms. The number of halogens is 2. The van der Waals surface area contributed by atoms with Gasteiger partial charge in [0.15, 0.2) is 0 Å². The highest BCUT2D eigenvalue weighted by Gasteiger charge is 2.20. The Kier molecular flexibility index (Phi) is 4.03. The lowest BCUT2D eigenvalue weighted by Crippen LogP contribution is -2.23. The molecule has 3 N–H and O–H groups in total. The van der Waals surface area contributed by atoms with Crippen molar-refractivity contribution in [1.29, 1.82) is 0 Å². The number of rotatable bonds is 5. The van der Waals surface area contributed by atoms with Gasteiger partial charge in [-0.25, -0.2) is 8.78 Å². The maximum Gasteiger partial charge on any atom is 0.262 e. The van der Waals surface area contributed by atoms with Crippen LogP contribution >= 0.6 is 0 Å². The number of nitrogens with one attached hydrogen (secondary N) is 1. The molecule has 1 aromatic rings. The minimum absolute atomic E-state index is 0.353. The monoisotopic (exact) mass is 214 g/mol. The van der Waals surface area contributed by atoms with Gasteiger partial charge in [0.1, 0.15) is 0 Å². The number of hydrogen-bond donors (Lipinski definition) is 2. The van der Waals surface area contributed by atoms with Gasteiger partial charge in [0, 0.05) is 12.6 Å². The molecule has 1 rings (SSSR count). The van der Waals surface area contributed by atoms with E-state index in [1.165, 1.54) is 0 Å². The summed E-state index contributed by atoms with van der Waals surface area (Å²) in [6.45, 7) is 1.06. The lowest BCUT2D eigenvalue weighted by atomic mass is 10.1. The zero-order chi connectivity index (χ0) is 11.3. The number of benzene rings is 1. The number of hydrogen-bond acceptors (Lipinski definition) is 2. The first-order chi connectivity index (χ1) is 7.03. The molecule has 0 saturated carbocycles. The molecular weight excluding hydrogens is 198 g/mol. The van der Waals surface area contributed by atoms with Crippen LogP contribution in [0.4, 0.5) is 14.5 Å². The SMILES string of the molecule is CC(F)(F)CNc1ccccc1CCN. The van der Waals surface area contributed by atoms with Crippen LogP contribution < -0.4 is 11.1 Å². The summed E-state index contributed by atoms with van der Waals surface area (Å²) in [6.07, 6.45) is 0.693. The van der Waals surface area contributed by atoms with Crippen LogP contribution in [0.2, 0.25) is 0 Å². The fraction of sp³-hybridized carbons (Fsp3) is 0.455. The Morgan fingerprint density at radius 1 is 1.33 bits per heavy atom. The van der Waals surface area contributed by atoms with Gasteiger partial charge in [0.2, 0.25) is 0 Å². The summed E-state index contributed by atoms with van der Waals surface area (Å²) < 4.78 is 25.3. The average molecular weight is 214 g/mol. The van der Waals surface area contributed by atoms with Crippen LogP contribution in [0.15, 0.2) is 24.3 Å². The fourth-order valence-electron chi connectivity index (χ4n) is 1.32. The van der Waals surface area contributed by atoms with E-state index < -0.39 is 5.92 Å². The van der Waals surface area contributed by atoms with Crippen LogP contribution in [-0.2, 0) is 6.42 Å². The van der Waals surface area contributed by atoms with E-state index in [4.69, 9.17) is 5.73 Å². The molecule has 0 aliphatic heterocycles. The van der Waals surface area contributed by atoms with Crippen LogP contribution in [0, 0.1) is 0 Å². The van der Waals surface area contributed by atoms with E-state index in [1.54, 1.807) is 6.07 Å². The molecule has 0 fully saturated rings. The second kappa shape index (κ2) is 5.07. The van der Waals surface area contributed by atoms with Gasteiger partial charge in [0.05, 0.1) is 6.54 Å². The number of para-hydroxylation sites is 1. The van der Waals surface area contributed by atoms with E-state index >= 15 is 0 Å². The van der Waals surface area contributed by atoms with Crippen molar-refractivity contribution in [3.63, 3.8) is 0 Å². The lowest BCUT2D eigenvalue weighted by molar-refractivity contribution is 0.0367. The first kappa shape index (κ1) is 11.9. The van der Waals surface area contributed by atoms with Crippen LogP contribution in [0.25, 0.3) is 0 Å². The van der Waals surface area contributed by atoms with E-state index in [2.05, 4.69) is 5.32 Å². The van der Waals surface area contributed by atoms with Crippen molar-refractivity contribution in [3.05, 3.63) is 29.8 Å². The van der Waals surface area contributed by atoms with Crippen molar-refractivity contribution < 1.29 is 8.78 Å². The largest absolute Gasteiger partial charge is 0.379 e. The Morgan fingerprint density at radius 2 is 2.00 bits per heavy atom. The summed E-state index contributed by atoms with van der Waals surface area (Å²) in [6, 6.07) is 7.37. The van der Waals surface area contributed by atoms with Crippen molar-refractivity contribution in [3.8, 4) is 0 Å². The third kappa shape index (κ3) is 4.25. The van der Waals surface area contributed by atoms with Gasteiger partial charge in [-0.1, -0.05) is 18.2 Å². The predicted octanol–water partition coefficient (Wildman–Crippen LogP) is 2.25. The molecule has 0 spiro atoms. The Balaban J connectivity index is 2.67. The summed E-state index contributed by atoms with van der Waals surface area (Å²) in [5, 5.41) is 2.73. The lowest BCUT2D eigenvalue weighted by Gasteiger charge is -2.15. The molecule has 0 amide bonds. The second-order valence-electron chi connectivity index (χ2n) is 3.62. The second-order valence-corrected chi connectivity index (χ2v) is 3.62. The van der Waals surface area contributed by atoms with Gasteiger partial charge in [-0.3, -0.25) is 0 Å². The van der Waals surface area contributed by atoms with E-state index in [0.717, 1.165) is 18.2 Å². The highest BCUT2D eigenvalue weighted by Crippen LogP contribution is 2.18. The molecular formula is C11H16F2N2. The average Bonchev–Trinajstić information content (AvgIpc) is 2.16. The van der Waals surface area contributed by atoms with Crippen LogP contribution in [-0.4, -0.2) is 19.0 Å². The summed E-state index contributed by atoms with van der Waals surface area (Å²) in [7, 11) is 0. The Bertz CT molecular complexity index is 308. The minimum atomic E-state index is -2.70. The highest BCUT2D eigenvalue weighted by atomic mass is 19.3. The van der Waals surface area contributed by atoms with Crippen LogP contribution in [0.5, 0.6) is 0 Å². The standard InChI is InChI=1S/C11H16F2N2/c1-11(12,13)8-15-10-5-3-2-4-9(10)6-7-14/h2-5,15H,6-8,14H2,1H3. The van der Waals surface area contributed by atoms with E-state index in [1.807, 2.05) is 18.2 Å². The fourth-order valence-corrected chi connectivity index (χ4v) is 1.32. The number of anilines is 1. The topological polar surface area (TPSA) is 38.0 Å². The van der Waals surface area contributed by atoms with E-state index in [-0.39, 0.29) is 6.54 Å². The number of alkyl halides is 2. The third-order valence-corrected chi connectivity index (χ3v) is 2.02. The number of nitrogens with two attached hydrogens (primary N) is 1. The molecule has 4 heteroatoms. The van der Waals surface area contributed by atoms with Gasteiger partial charge in [-0.05, 0) is 24.6 Å². The smallest absolute Gasteiger partial charge is 0.262 e. The van der Waals surface area contributed by atoms with Crippen molar-refractivity contribution in [2.75, 3.05) is 18.4 Å². The molecule has 0 saturated heterocycles. The summed E-state index contributed by atoms with van der Waals surface area (Å²) in [5.41, 5.74) is 7.15. The van der Waals surface area contributed by atoms with Crippen molar-refractivity contribution in [2.45, 2.75) is 19.3 Å². The molecule has 0 bridgehead atoms. The molecule has 0 aromatic heterocycles. The van der Waals surface area contributed by atoms with Crippen LogP contribution in [0.3, 0.4) is 0 Å². The van der Waals surface area contributed by atoms with Crippen molar-refractivity contribution in [2.24, 2.45) is 5.73 Å². The molecule has 0 aliphatic carbocycles. The molecule has 0 atom stereocenters. The summed E-state index contributed by atoms with van der Waals surface area (Å²) >= 11 is 0. The molecule has 84 valence electrons. The molecule has 2 nitrogen and oxygen atoms in total. The van der Waals surface area contributed by atoms with Crippen molar-refractivity contribution >= 4 is 5.69 Å².